The van der Waals surface area contributed by atoms with Crippen LogP contribution >= 0.6 is 0 Å². The number of aliphatic hydroxyl groups excluding tert-OH is 1. The summed E-state index contributed by atoms with van der Waals surface area (Å²) in [6, 6.07) is 18.3. The molecule has 3 rings (SSSR count). The standard InChI is InChI=1S/C25H32N2O4/c1-25(2,3)31-24(30)26-20(16-18-10-6-4-7-11-18)23(29)27-15-14-22(28)21(27)17-19-12-8-5-9-13-19/h4-13,20-22,28H,14-17H2,1-3H3,(H,26,30)/t20-,21-,22-/m0/s1. The van der Waals surface area contributed by atoms with E-state index in [0.717, 1.165) is 11.1 Å². The molecule has 0 aromatic heterocycles. The van der Waals surface area contributed by atoms with E-state index in [1.807, 2.05) is 60.7 Å². The Hall–Kier alpha value is -2.86. The SMILES string of the molecule is CC(C)(C)OC(=O)N[C@@H](Cc1ccccc1)C(=O)N1CC[C@H](O)[C@@H]1Cc1ccccc1. The number of amides is 2. The quantitative estimate of drug-likeness (QED) is 0.746. The number of hydrogen-bond acceptors (Lipinski definition) is 4. The van der Waals surface area contributed by atoms with Crippen molar-refractivity contribution >= 4 is 12.0 Å². The minimum absolute atomic E-state index is 0.202. The summed E-state index contributed by atoms with van der Waals surface area (Å²) in [7, 11) is 0. The summed E-state index contributed by atoms with van der Waals surface area (Å²) >= 11 is 0. The van der Waals surface area contributed by atoms with Gasteiger partial charge in [0.2, 0.25) is 5.91 Å². The molecule has 0 spiro atoms. The molecule has 166 valence electrons. The summed E-state index contributed by atoms with van der Waals surface area (Å²) < 4.78 is 5.39. The van der Waals surface area contributed by atoms with E-state index in [4.69, 9.17) is 4.74 Å². The van der Waals surface area contributed by atoms with E-state index < -0.39 is 23.8 Å². The predicted molar refractivity (Wildman–Crippen MR) is 120 cm³/mol. The number of ether oxygens (including phenoxy) is 1. The van der Waals surface area contributed by atoms with E-state index in [0.29, 0.717) is 25.8 Å². The summed E-state index contributed by atoms with van der Waals surface area (Å²) in [4.78, 5) is 27.7. The van der Waals surface area contributed by atoms with Crippen molar-refractivity contribution in [3.8, 4) is 0 Å². The number of nitrogens with one attached hydrogen (secondary N) is 1. The van der Waals surface area contributed by atoms with Crippen molar-refractivity contribution < 1.29 is 19.4 Å². The minimum Gasteiger partial charge on any atom is -0.444 e. The molecule has 1 aliphatic rings. The maximum Gasteiger partial charge on any atom is 0.408 e. The van der Waals surface area contributed by atoms with Gasteiger partial charge in [0.05, 0.1) is 12.1 Å². The van der Waals surface area contributed by atoms with Crippen LogP contribution in [0, 0.1) is 0 Å². The van der Waals surface area contributed by atoms with Crippen LogP contribution < -0.4 is 5.32 Å². The van der Waals surface area contributed by atoms with Crippen LogP contribution in [-0.2, 0) is 22.4 Å². The molecule has 3 atom stereocenters. The third-order valence-corrected chi connectivity index (χ3v) is 5.35. The van der Waals surface area contributed by atoms with Gasteiger partial charge in [0, 0.05) is 13.0 Å². The lowest BCUT2D eigenvalue weighted by molar-refractivity contribution is -0.135. The van der Waals surface area contributed by atoms with Crippen molar-refractivity contribution in [1.82, 2.24) is 10.2 Å². The summed E-state index contributed by atoms with van der Waals surface area (Å²) in [5.41, 5.74) is 1.34. The first-order chi connectivity index (χ1) is 14.7. The molecule has 0 radical (unpaired) electrons. The Bertz CT molecular complexity index is 864. The molecule has 2 amide bonds. The second-order valence-electron chi connectivity index (χ2n) is 9.03. The number of hydrogen-bond donors (Lipinski definition) is 2. The molecule has 1 saturated heterocycles. The van der Waals surface area contributed by atoms with Crippen molar-refractivity contribution in [3.63, 3.8) is 0 Å². The van der Waals surface area contributed by atoms with Gasteiger partial charge in [0.15, 0.2) is 0 Å². The minimum atomic E-state index is -0.777. The highest BCUT2D eigenvalue weighted by Gasteiger charge is 2.39. The van der Waals surface area contributed by atoms with Gasteiger partial charge in [-0.2, -0.15) is 0 Å². The van der Waals surface area contributed by atoms with E-state index in [1.165, 1.54) is 0 Å². The Morgan fingerprint density at radius 3 is 2.23 bits per heavy atom. The fraction of sp³-hybridized carbons (Fsp3) is 0.440. The average Bonchev–Trinajstić information content (AvgIpc) is 3.07. The van der Waals surface area contributed by atoms with Gasteiger partial charge in [-0.1, -0.05) is 60.7 Å². The van der Waals surface area contributed by atoms with Gasteiger partial charge < -0.3 is 20.1 Å². The van der Waals surface area contributed by atoms with Crippen LogP contribution in [0.4, 0.5) is 4.79 Å². The Balaban J connectivity index is 1.79. The van der Waals surface area contributed by atoms with Crippen LogP contribution in [0.2, 0.25) is 0 Å². The number of carbonyl (C=O) groups excluding carboxylic acids is 2. The van der Waals surface area contributed by atoms with Gasteiger partial charge in [-0.25, -0.2) is 4.79 Å². The molecule has 0 aliphatic carbocycles. The van der Waals surface area contributed by atoms with Gasteiger partial charge in [0.1, 0.15) is 11.6 Å². The van der Waals surface area contributed by atoms with Crippen molar-refractivity contribution in [3.05, 3.63) is 71.8 Å². The van der Waals surface area contributed by atoms with Gasteiger partial charge in [-0.15, -0.1) is 0 Å². The number of benzene rings is 2. The zero-order chi connectivity index (χ0) is 22.4. The monoisotopic (exact) mass is 424 g/mol. The highest BCUT2D eigenvalue weighted by Crippen LogP contribution is 2.23. The second kappa shape index (κ2) is 9.96. The first kappa shape index (κ1) is 22.8. The van der Waals surface area contributed by atoms with Crippen LogP contribution in [0.25, 0.3) is 0 Å². The Labute approximate surface area is 184 Å². The van der Waals surface area contributed by atoms with Crippen LogP contribution in [-0.4, -0.2) is 52.3 Å². The molecule has 6 heteroatoms. The smallest absolute Gasteiger partial charge is 0.408 e. The molecular formula is C25H32N2O4. The van der Waals surface area contributed by atoms with E-state index in [9.17, 15) is 14.7 Å². The fourth-order valence-corrected chi connectivity index (χ4v) is 3.91. The number of carbonyl (C=O) groups is 2. The van der Waals surface area contributed by atoms with Crippen LogP contribution in [0.15, 0.2) is 60.7 Å². The van der Waals surface area contributed by atoms with Crippen molar-refractivity contribution in [1.29, 1.82) is 0 Å². The maximum atomic E-state index is 13.5. The van der Waals surface area contributed by atoms with Crippen LogP contribution in [0.1, 0.15) is 38.3 Å². The van der Waals surface area contributed by atoms with Gasteiger partial charge in [-0.05, 0) is 44.7 Å². The summed E-state index contributed by atoms with van der Waals surface area (Å²) in [6.07, 6.45) is 0.222. The van der Waals surface area contributed by atoms with Crippen molar-refractivity contribution in [2.45, 2.75) is 63.8 Å². The Morgan fingerprint density at radius 1 is 1.06 bits per heavy atom. The third-order valence-electron chi connectivity index (χ3n) is 5.35. The zero-order valence-corrected chi connectivity index (χ0v) is 18.5. The second-order valence-corrected chi connectivity index (χ2v) is 9.03. The molecular weight excluding hydrogens is 392 g/mol. The lowest BCUT2D eigenvalue weighted by atomic mass is 10.0. The lowest BCUT2D eigenvalue weighted by Crippen LogP contribution is -2.53. The van der Waals surface area contributed by atoms with E-state index >= 15 is 0 Å². The maximum absolute atomic E-state index is 13.5. The average molecular weight is 425 g/mol. The van der Waals surface area contributed by atoms with Gasteiger partial charge >= 0.3 is 6.09 Å². The van der Waals surface area contributed by atoms with Crippen LogP contribution in [0.3, 0.4) is 0 Å². The zero-order valence-electron chi connectivity index (χ0n) is 18.5. The lowest BCUT2D eigenvalue weighted by Gasteiger charge is -2.31. The third kappa shape index (κ3) is 6.56. The summed E-state index contributed by atoms with van der Waals surface area (Å²) in [5, 5.41) is 13.3. The highest BCUT2D eigenvalue weighted by atomic mass is 16.6. The molecule has 0 bridgehead atoms. The van der Waals surface area contributed by atoms with Crippen molar-refractivity contribution in [2.75, 3.05) is 6.54 Å². The molecule has 2 aromatic rings. The van der Waals surface area contributed by atoms with Crippen molar-refractivity contribution in [2.24, 2.45) is 0 Å². The number of likely N-dealkylation sites (tertiary alicyclic amines) is 1. The normalized spacial score (nSPS) is 19.7. The molecule has 2 aromatic carbocycles. The van der Waals surface area contributed by atoms with E-state index in [1.54, 1.807) is 25.7 Å². The molecule has 31 heavy (non-hydrogen) atoms. The molecule has 0 unspecified atom stereocenters. The fourth-order valence-electron chi connectivity index (χ4n) is 3.91. The van der Waals surface area contributed by atoms with E-state index in [-0.39, 0.29) is 11.9 Å². The number of aliphatic hydroxyl groups is 1. The molecule has 1 aliphatic heterocycles. The number of nitrogens with zero attached hydrogens (tertiary/aromatic N) is 1. The highest BCUT2D eigenvalue weighted by molar-refractivity contribution is 5.86. The van der Waals surface area contributed by atoms with Gasteiger partial charge in [-0.3, -0.25) is 4.79 Å². The summed E-state index contributed by atoms with van der Waals surface area (Å²) in [5.74, 6) is -0.202. The van der Waals surface area contributed by atoms with Crippen LogP contribution in [0.5, 0.6) is 0 Å². The molecule has 2 N–H and O–H groups in total. The molecule has 1 heterocycles. The van der Waals surface area contributed by atoms with Gasteiger partial charge in [0.25, 0.3) is 0 Å². The Morgan fingerprint density at radius 2 is 1.65 bits per heavy atom. The van der Waals surface area contributed by atoms with E-state index in [2.05, 4.69) is 5.32 Å². The number of rotatable bonds is 6. The predicted octanol–water partition coefficient (Wildman–Crippen LogP) is 3.33. The first-order valence-corrected chi connectivity index (χ1v) is 10.8. The first-order valence-electron chi connectivity index (χ1n) is 10.8. The topological polar surface area (TPSA) is 78.9 Å². The molecule has 0 saturated carbocycles. The number of alkyl carbamates (subject to hydrolysis) is 1. The summed E-state index contributed by atoms with van der Waals surface area (Å²) in [6.45, 7) is 5.81. The Kier molecular flexibility index (Phi) is 7.33. The molecule has 6 nitrogen and oxygen atoms in total. The molecule has 1 fully saturated rings. The largest absolute Gasteiger partial charge is 0.444 e.